The van der Waals surface area contributed by atoms with Crippen LogP contribution >= 0.6 is 0 Å². The zero-order valence-corrected chi connectivity index (χ0v) is 12.4. The molecule has 0 radical (unpaired) electrons. The van der Waals surface area contributed by atoms with Gasteiger partial charge in [0.25, 0.3) is 0 Å². The first-order chi connectivity index (χ1) is 10.6. The highest BCUT2D eigenvalue weighted by Gasteiger charge is 2.12. The van der Waals surface area contributed by atoms with E-state index in [1.165, 1.54) is 0 Å². The summed E-state index contributed by atoms with van der Waals surface area (Å²) < 4.78 is 7.47. The minimum absolute atomic E-state index is 0.221. The molecule has 0 atom stereocenters. The van der Waals surface area contributed by atoms with Crippen molar-refractivity contribution < 1.29 is 14.6 Å². The Kier molecular flexibility index (Phi) is 3.55. The summed E-state index contributed by atoms with van der Waals surface area (Å²) in [5.74, 6) is -0.187. The first kappa shape index (κ1) is 14.1. The lowest BCUT2D eigenvalue weighted by Crippen LogP contribution is -1.97. The third-order valence-corrected chi connectivity index (χ3v) is 3.42. The maximum Gasteiger partial charge on any atom is 0.335 e. The van der Waals surface area contributed by atoms with Gasteiger partial charge in [-0.15, -0.1) is 0 Å². The summed E-state index contributed by atoms with van der Waals surface area (Å²) in [6.07, 6.45) is 3.57. The van der Waals surface area contributed by atoms with E-state index in [1.54, 1.807) is 22.7 Å². The van der Waals surface area contributed by atoms with Crippen molar-refractivity contribution in [2.75, 3.05) is 6.61 Å². The average Bonchev–Trinajstić information content (AvgIpc) is 2.92. The number of carbonyl (C=O) groups is 1. The first-order valence-corrected chi connectivity index (χ1v) is 7.04. The molecule has 112 valence electrons. The van der Waals surface area contributed by atoms with Gasteiger partial charge in [-0.3, -0.25) is 0 Å². The monoisotopic (exact) mass is 296 g/mol. The molecule has 0 bridgehead atoms. The van der Waals surface area contributed by atoms with Crippen LogP contribution in [0.3, 0.4) is 0 Å². The highest BCUT2D eigenvalue weighted by Crippen LogP contribution is 2.30. The van der Waals surface area contributed by atoms with Gasteiger partial charge in [0.15, 0.2) is 0 Å². The molecule has 1 N–H and O–H groups in total. The maximum atomic E-state index is 11.0. The molecule has 3 aromatic rings. The number of rotatable bonds is 4. The molecule has 0 spiro atoms. The van der Waals surface area contributed by atoms with Gasteiger partial charge in [-0.1, -0.05) is 11.6 Å². The fraction of sp³-hybridized carbons (Fsp3) is 0.176. The number of carboxylic acid groups (broad SMARTS) is 1. The van der Waals surface area contributed by atoms with E-state index >= 15 is 0 Å². The Morgan fingerprint density at radius 2 is 2.14 bits per heavy atom. The maximum absolute atomic E-state index is 11.0. The lowest BCUT2D eigenvalue weighted by atomic mass is 10.1. The van der Waals surface area contributed by atoms with Crippen LogP contribution in [0.15, 0.2) is 42.7 Å². The van der Waals surface area contributed by atoms with Crippen molar-refractivity contribution >= 4 is 11.6 Å². The molecule has 0 aliphatic heterocycles. The molecule has 5 heteroatoms. The largest absolute Gasteiger partial charge is 0.493 e. The summed E-state index contributed by atoms with van der Waals surface area (Å²) in [6, 6.07) is 9.06. The molecule has 3 rings (SSSR count). The Bertz CT molecular complexity index is 852. The summed E-state index contributed by atoms with van der Waals surface area (Å²) in [6.45, 7) is 4.52. The molecule has 0 aliphatic carbocycles. The van der Waals surface area contributed by atoms with Crippen LogP contribution in [0, 0.1) is 6.92 Å². The van der Waals surface area contributed by atoms with E-state index in [1.807, 2.05) is 38.2 Å². The number of fused-ring (bicyclic) bond motifs is 1. The number of hydrogen-bond acceptors (Lipinski definition) is 3. The van der Waals surface area contributed by atoms with Crippen LogP contribution in [-0.4, -0.2) is 27.1 Å². The molecule has 0 aliphatic rings. The van der Waals surface area contributed by atoms with Crippen molar-refractivity contribution in [3.8, 4) is 17.0 Å². The standard InChI is InChI=1S/C17H16N2O3/c1-3-22-15-5-4-11(2)8-13(15)14-10-19-7-6-12(17(20)21)9-16(19)18-14/h4-10H,3H2,1-2H3,(H,20,21). The minimum Gasteiger partial charge on any atom is -0.493 e. The second-order valence-corrected chi connectivity index (χ2v) is 5.04. The van der Waals surface area contributed by atoms with Crippen molar-refractivity contribution in [2.45, 2.75) is 13.8 Å². The first-order valence-electron chi connectivity index (χ1n) is 7.04. The number of benzene rings is 1. The number of aromatic carboxylic acids is 1. The molecular formula is C17H16N2O3. The Balaban J connectivity index is 2.14. The highest BCUT2D eigenvalue weighted by atomic mass is 16.5. The summed E-state index contributed by atoms with van der Waals surface area (Å²) >= 11 is 0. The summed E-state index contributed by atoms with van der Waals surface area (Å²) in [7, 11) is 0. The molecule has 0 amide bonds. The Morgan fingerprint density at radius 1 is 1.32 bits per heavy atom. The Hall–Kier alpha value is -2.82. The number of carboxylic acids is 1. The van der Waals surface area contributed by atoms with Gasteiger partial charge in [0.1, 0.15) is 11.4 Å². The van der Waals surface area contributed by atoms with Gasteiger partial charge in [-0.2, -0.15) is 0 Å². The molecular weight excluding hydrogens is 280 g/mol. The van der Waals surface area contributed by atoms with Gasteiger partial charge in [-0.25, -0.2) is 9.78 Å². The Morgan fingerprint density at radius 3 is 2.86 bits per heavy atom. The topological polar surface area (TPSA) is 63.8 Å². The molecule has 0 saturated heterocycles. The number of aromatic nitrogens is 2. The molecule has 22 heavy (non-hydrogen) atoms. The molecule has 0 unspecified atom stereocenters. The zero-order chi connectivity index (χ0) is 15.7. The summed E-state index contributed by atoms with van der Waals surface area (Å²) in [5, 5.41) is 9.06. The van der Waals surface area contributed by atoms with E-state index in [9.17, 15) is 4.79 Å². The average molecular weight is 296 g/mol. The smallest absolute Gasteiger partial charge is 0.335 e. The van der Waals surface area contributed by atoms with Crippen LogP contribution in [0.25, 0.3) is 16.9 Å². The second-order valence-electron chi connectivity index (χ2n) is 5.04. The van der Waals surface area contributed by atoms with E-state index in [0.29, 0.717) is 12.3 Å². The third-order valence-electron chi connectivity index (χ3n) is 3.42. The molecule has 2 aromatic heterocycles. The van der Waals surface area contributed by atoms with Crippen LogP contribution in [0.2, 0.25) is 0 Å². The second kappa shape index (κ2) is 5.52. The predicted octanol–water partition coefficient (Wildman–Crippen LogP) is 3.41. The van der Waals surface area contributed by atoms with Crippen molar-refractivity contribution in [3.05, 3.63) is 53.9 Å². The SMILES string of the molecule is CCOc1ccc(C)cc1-c1cn2ccc(C(=O)O)cc2n1. The fourth-order valence-corrected chi connectivity index (χ4v) is 2.37. The molecule has 0 fully saturated rings. The number of nitrogens with zero attached hydrogens (tertiary/aromatic N) is 2. The van der Waals surface area contributed by atoms with Crippen molar-refractivity contribution in [3.63, 3.8) is 0 Å². The van der Waals surface area contributed by atoms with Gasteiger partial charge in [0, 0.05) is 18.0 Å². The molecule has 5 nitrogen and oxygen atoms in total. The van der Waals surface area contributed by atoms with E-state index < -0.39 is 5.97 Å². The van der Waals surface area contributed by atoms with E-state index in [4.69, 9.17) is 9.84 Å². The van der Waals surface area contributed by atoms with E-state index in [-0.39, 0.29) is 5.56 Å². The van der Waals surface area contributed by atoms with E-state index in [0.717, 1.165) is 22.6 Å². The van der Waals surface area contributed by atoms with Crippen molar-refractivity contribution in [2.24, 2.45) is 0 Å². The lowest BCUT2D eigenvalue weighted by molar-refractivity contribution is 0.0697. The quantitative estimate of drug-likeness (QED) is 0.801. The van der Waals surface area contributed by atoms with Crippen LogP contribution < -0.4 is 4.74 Å². The van der Waals surface area contributed by atoms with Gasteiger partial charge < -0.3 is 14.2 Å². The molecule has 2 heterocycles. The number of pyridine rings is 1. The van der Waals surface area contributed by atoms with Crippen LogP contribution in [0.1, 0.15) is 22.8 Å². The third kappa shape index (κ3) is 2.53. The number of hydrogen-bond donors (Lipinski definition) is 1. The fourth-order valence-electron chi connectivity index (χ4n) is 2.37. The summed E-state index contributed by atoms with van der Waals surface area (Å²) in [4.78, 5) is 15.6. The number of aryl methyl sites for hydroxylation is 1. The lowest BCUT2D eigenvalue weighted by Gasteiger charge is -2.08. The van der Waals surface area contributed by atoms with Gasteiger partial charge in [0.05, 0.1) is 17.9 Å². The van der Waals surface area contributed by atoms with Gasteiger partial charge in [0.2, 0.25) is 0 Å². The van der Waals surface area contributed by atoms with Gasteiger partial charge >= 0.3 is 5.97 Å². The minimum atomic E-state index is -0.961. The van der Waals surface area contributed by atoms with Crippen LogP contribution in [0.4, 0.5) is 0 Å². The zero-order valence-electron chi connectivity index (χ0n) is 12.4. The Labute approximate surface area is 127 Å². The van der Waals surface area contributed by atoms with Crippen LogP contribution in [-0.2, 0) is 0 Å². The summed E-state index contributed by atoms with van der Waals surface area (Å²) in [5.41, 5.74) is 3.59. The van der Waals surface area contributed by atoms with Crippen LogP contribution in [0.5, 0.6) is 5.75 Å². The van der Waals surface area contributed by atoms with E-state index in [2.05, 4.69) is 4.98 Å². The normalized spacial score (nSPS) is 10.8. The molecule has 1 aromatic carbocycles. The van der Waals surface area contributed by atoms with Crippen molar-refractivity contribution in [1.82, 2.24) is 9.38 Å². The highest BCUT2D eigenvalue weighted by molar-refractivity contribution is 5.88. The number of imidazole rings is 1. The van der Waals surface area contributed by atoms with Crippen molar-refractivity contribution in [1.29, 1.82) is 0 Å². The van der Waals surface area contributed by atoms with Gasteiger partial charge in [-0.05, 0) is 38.1 Å². The predicted molar refractivity (Wildman–Crippen MR) is 83.5 cm³/mol. The molecule has 0 saturated carbocycles. The number of ether oxygens (including phenoxy) is 1.